The zero-order valence-electron chi connectivity index (χ0n) is 9.53. The van der Waals surface area contributed by atoms with Gasteiger partial charge in [-0.05, 0) is 6.92 Å². The number of carbonyl (C=O) groups excluding carboxylic acids is 1. The third kappa shape index (κ3) is 2.53. The predicted molar refractivity (Wildman–Crippen MR) is 61.7 cm³/mol. The molecule has 3 N–H and O–H groups in total. The van der Waals surface area contributed by atoms with Crippen molar-refractivity contribution in [1.82, 2.24) is 30.8 Å². The number of carboxylic acid groups (broad SMARTS) is 1. The van der Waals surface area contributed by atoms with Crippen molar-refractivity contribution in [3.8, 4) is 0 Å². The van der Waals surface area contributed by atoms with Gasteiger partial charge in [0.25, 0.3) is 0 Å². The Kier molecular flexibility index (Phi) is 3.65. The Morgan fingerprint density at radius 2 is 2.44 bits per heavy atom. The molecule has 2 heterocycles. The highest BCUT2D eigenvalue weighted by atomic mass is 32.2. The number of nitrogens with one attached hydrogen (secondary N) is 2. The fraction of sp³-hybridized carbons (Fsp3) is 0.625. The number of aromatic nitrogens is 4. The molecule has 0 radical (unpaired) electrons. The minimum absolute atomic E-state index is 0.349. The Balaban J connectivity index is 1.97. The van der Waals surface area contributed by atoms with E-state index < -0.39 is 24.1 Å². The van der Waals surface area contributed by atoms with Gasteiger partial charge in [-0.1, -0.05) is 5.21 Å². The van der Waals surface area contributed by atoms with Crippen molar-refractivity contribution >= 4 is 23.8 Å². The number of hydrogen-bond acceptors (Lipinski definition) is 6. The van der Waals surface area contributed by atoms with E-state index in [1.165, 1.54) is 16.7 Å². The Bertz CT molecular complexity index is 438. The predicted octanol–water partition coefficient (Wildman–Crippen LogP) is -0.570. The summed E-state index contributed by atoms with van der Waals surface area (Å²) in [4.78, 5) is 24.2. The van der Waals surface area contributed by atoms with Crippen LogP contribution in [0.1, 0.15) is 18.8 Å². The molecule has 1 aliphatic rings. The lowest BCUT2D eigenvalue weighted by molar-refractivity contribution is -0.140. The van der Waals surface area contributed by atoms with Crippen LogP contribution >= 0.6 is 11.8 Å². The van der Waals surface area contributed by atoms with E-state index in [1.54, 1.807) is 6.92 Å². The Hall–Kier alpha value is -1.84. The van der Waals surface area contributed by atoms with Crippen molar-refractivity contribution in [2.24, 2.45) is 0 Å². The third-order valence-electron chi connectivity index (χ3n) is 2.52. The van der Waals surface area contributed by atoms with E-state index in [4.69, 9.17) is 5.11 Å². The number of tetrazole rings is 1. The fourth-order valence-electron chi connectivity index (χ4n) is 1.53. The molecule has 10 heteroatoms. The number of aliphatic carboxylic acids is 1. The van der Waals surface area contributed by atoms with Crippen LogP contribution in [0.15, 0.2) is 0 Å². The smallest absolute Gasteiger partial charge is 0.327 e. The fourth-order valence-corrected chi connectivity index (χ4v) is 2.68. The number of carboxylic acids is 1. The monoisotopic (exact) mass is 272 g/mol. The minimum Gasteiger partial charge on any atom is -0.480 e. The van der Waals surface area contributed by atoms with Gasteiger partial charge in [0.1, 0.15) is 6.04 Å². The number of amides is 2. The van der Waals surface area contributed by atoms with Crippen molar-refractivity contribution in [3.05, 3.63) is 5.82 Å². The summed E-state index contributed by atoms with van der Waals surface area (Å²) in [6, 6.07) is -1.66. The molecule has 0 bridgehead atoms. The van der Waals surface area contributed by atoms with Crippen LogP contribution in [0.25, 0.3) is 0 Å². The maximum Gasteiger partial charge on any atom is 0.327 e. The summed E-state index contributed by atoms with van der Waals surface area (Å²) < 4.78 is 0. The van der Waals surface area contributed by atoms with Crippen molar-refractivity contribution < 1.29 is 14.7 Å². The Morgan fingerprint density at radius 3 is 3.06 bits per heavy atom. The maximum atomic E-state index is 11.9. The highest BCUT2D eigenvalue weighted by molar-refractivity contribution is 7.99. The summed E-state index contributed by atoms with van der Waals surface area (Å²) in [5.74, 6) is 0.116. The van der Waals surface area contributed by atoms with Gasteiger partial charge in [-0.3, -0.25) is 0 Å². The molecular weight excluding hydrogens is 260 g/mol. The molecular formula is C8H12N6O3S. The molecule has 0 saturated carbocycles. The van der Waals surface area contributed by atoms with Crippen LogP contribution in [-0.2, 0) is 4.79 Å². The molecule has 98 valence electrons. The molecule has 0 aliphatic carbocycles. The molecule has 0 spiro atoms. The molecule has 0 aromatic carbocycles. The second-order valence-electron chi connectivity index (χ2n) is 3.76. The summed E-state index contributed by atoms with van der Waals surface area (Å²) in [5.41, 5.74) is 0. The van der Waals surface area contributed by atoms with Crippen LogP contribution in [0.3, 0.4) is 0 Å². The largest absolute Gasteiger partial charge is 0.480 e. The lowest BCUT2D eigenvalue weighted by Gasteiger charge is -2.22. The van der Waals surface area contributed by atoms with Crippen LogP contribution < -0.4 is 5.32 Å². The van der Waals surface area contributed by atoms with Gasteiger partial charge >= 0.3 is 12.0 Å². The molecule has 2 atom stereocenters. The highest BCUT2D eigenvalue weighted by Crippen LogP contribution is 2.21. The zero-order chi connectivity index (χ0) is 13.1. The summed E-state index contributed by atoms with van der Waals surface area (Å²) in [5, 5.41) is 24.8. The zero-order valence-corrected chi connectivity index (χ0v) is 10.3. The number of nitrogens with zero attached hydrogens (tertiary/aromatic N) is 4. The number of carbonyl (C=O) groups is 2. The van der Waals surface area contributed by atoms with E-state index in [-0.39, 0.29) is 0 Å². The molecule has 1 saturated heterocycles. The Labute approximate surface area is 106 Å². The summed E-state index contributed by atoms with van der Waals surface area (Å²) in [6.07, 6.45) is 0. The first-order chi connectivity index (χ1) is 8.59. The molecule has 18 heavy (non-hydrogen) atoms. The molecule has 1 aromatic heterocycles. The quantitative estimate of drug-likeness (QED) is 0.673. The summed E-state index contributed by atoms with van der Waals surface area (Å²) in [7, 11) is 0. The van der Waals surface area contributed by atoms with E-state index in [2.05, 4.69) is 25.9 Å². The first-order valence-electron chi connectivity index (χ1n) is 5.20. The molecule has 2 amide bonds. The number of H-pyrrole nitrogens is 1. The number of aromatic amines is 1. The lowest BCUT2D eigenvalue weighted by atomic mass is 10.3. The highest BCUT2D eigenvalue weighted by Gasteiger charge is 2.35. The van der Waals surface area contributed by atoms with E-state index in [0.29, 0.717) is 17.5 Å². The van der Waals surface area contributed by atoms with Gasteiger partial charge in [0.05, 0.1) is 11.9 Å². The van der Waals surface area contributed by atoms with Crippen LogP contribution in [0.4, 0.5) is 4.79 Å². The van der Waals surface area contributed by atoms with Crippen molar-refractivity contribution in [2.75, 3.05) is 11.6 Å². The minimum atomic E-state index is -0.998. The molecule has 1 fully saturated rings. The molecule has 1 aromatic rings. The van der Waals surface area contributed by atoms with Crippen LogP contribution in [0.5, 0.6) is 0 Å². The number of urea groups is 1. The second kappa shape index (κ2) is 5.21. The van der Waals surface area contributed by atoms with Crippen LogP contribution in [0.2, 0.25) is 0 Å². The summed E-state index contributed by atoms with van der Waals surface area (Å²) >= 11 is 1.41. The van der Waals surface area contributed by atoms with Crippen LogP contribution in [-0.4, -0.2) is 60.3 Å². The first-order valence-corrected chi connectivity index (χ1v) is 6.36. The van der Waals surface area contributed by atoms with E-state index in [0.717, 1.165) is 0 Å². The van der Waals surface area contributed by atoms with Gasteiger partial charge in [0.15, 0.2) is 5.82 Å². The van der Waals surface area contributed by atoms with Gasteiger partial charge in [-0.15, -0.1) is 22.0 Å². The standard InChI is InChI=1S/C8H12N6O3S/c1-4(6-10-12-13-11-6)9-8(17)14-3-18-2-5(14)7(15)16/h4-5H,2-3H2,1H3,(H,9,17)(H,15,16)(H,10,11,12,13). The van der Waals surface area contributed by atoms with Gasteiger partial charge in [0.2, 0.25) is 0 Å². The van der Waals surface area contributed by atoms with Gasteiger partial charge in [-0.25, -0.2) is 9.59 Å². The van der Waals surface area contributed by atoms with Crippen LogP contribution in [0, 0.1) is 0 Å². The molecule has 1 aliphatic heterocycles. The summed E-state index contributed by atoms with van der Waals surface area (Å²) in [6.45, 7) is 1.70. The van der Waals surface area contributed by atoms with Crippen molar-refractivity contribution in [2.45, 2.75) is 19.0 Å². The number of rotatable bonds is 3. The third-order valence-corrected chi connectivity index (χ3v) is 3.53. The number of hydrogen-bond donors (Lipinski definition) is 3. The van der Waals surface area contributed by atoms with Crippen molar-refractivity contribution in [1.29, 1.82) is 0 Å². The topological polar surface area (TPSA) is 124 Å². The molecule has 2 unspecified atom stereocenters. The molecule has 2 rings (SSSR count). The average Bonchev–Trinajstić information content (AvgIpc) is 3.00. The van der Waals surface area contributed by atoms with E-state index >= 15 is 0 Å². The lowest BCUT2D eigenvalue weighted by Crippen LogP contribution is -2.47. The van der Waals surface area contributed by atoms with Gasteiger partial charge in [0, 0.05) is 5.75 Å². The maximum absolute atomic E-state index is 11.9. The SMILES string of the molecule is CC(NC(=O)N1CSCC1C(=O)O)c1nn[nH]n1. The van der Waals surface area contributed by atoms with Gasteiger partial charge in [-0.2, -0.15) is 5.21 Å². The Morgan fingerprint density at radius 1 is 1.67 bits per heavy atom. The normalized spacial score (nSPS) is 20.7. The van der Waals surface area contributed by atoms with E-state index in [1.807, 2.05) is 0 Å². The van der Waals surface area contributed by atoms with Crippen molar-refractivity contribution in [3.63, 3.8) is 0 Å². The first kappa shape index (κ1) is 12.6. The van der Waals surface area contributed by atoms with E-state index in [9.17, 15) is 9.59 Å². The average molecular weight is 272 g/mol. The number of thioether (sulfide) groups is 1. The van der Waals surface area contributed by atoms with Gasteiger partial charge < -0.3 is 15.3 Å². The molecule has 9 nitrogen and oxygen atoms in total. The second-order valence-corrected chi connectivity index (χ2v) is 4.76.